The molecule has 9 heteroatoms. The van der Waals surface area contributed by atoms with Gasteiger partial charge in [0, 0.05) is 10.9 Å². The SMILES string of the molecule is O=C(CCc1ccccc1)NNC(=S)NC(=O)COc1ccc2cc(Br)ccc2c1Br. The predicted molar refractivity (Wildman–Crippen MR) is 132 cm³/mol. The van der Waals surface area contributed by atoms with E-state index in [4.69, 9.17) is 17.0 Å². The lowest BCUT2D eigenvalue weighted by atomic mass is 10.1. The van der Waals surface area contributed by atoms with Crippen molar-refractivity contribution in [3.05, 3.63) is 75.2 Å². The normalized spacial score (nSPS) is 10.4. The van der Waals surface area contributed by atoms with Gasteiger partial charge in [0.15, 0.2) is 11.7 Å². The van der Waals surface area contributed by atoms with E-state index in [0.717, 1.165) is 25.3 Å². The van der Waals surface area contributed by atoms with Gasteiger partial charge in [-0.3, -0.25) is 25.8 Å². The highest BCUT2D eigenvalue weighted by Gasteiger charge is 2.11. The minimum atomic E-state index is -0.446. The van der Waals surface area contributed by atoms with Crippen LogP contribution in [-0.2, 0) is 16.0 Å². The van der Waals surface area contributed by atoms with E-state index in [1.807, 2.05) is 54.6 Å². The molecule has 0 aliphatic carbocycles. The molecule has 0 atom stereocenters. The van der Waals surface area contributed by atoms with Gasteiger partial charge in [0.2, 0.25) is 5.91 Å². The van der Waals surface area contributed by atoms with E-state index < -0.39 is 5.91 Å². The molecule has 3 rings (SSSR count). The first-order valence-electron chi connectivity index (χ1n) is 9.35. The van der Waals surface area contributed by atoms with Crippen molar-refractivity contribution in [1.82, 2.24) is 16.2 Å². The van der Waals surface area contributed by atoms with Crippen LogP contribution in [-0.4, -0.2) is 23.5 Å². The summed E-state index contributed by atoms with van der Waals surface area (Å²) in [6.07, 6.45) is 0.905. The zero-order chi connectivity index (χ0) is 22.2. The highest BCUT2D eigenvalue weighted by molar-refractivity contribution is 9.11. The van der Waals surface area contributed by atoms with Gasteiger partial charge < -0.3 is 4.74 Å². The Morgan fingerprint density at radius 2 is 1.71 bits per heavy atom. The fraction of sp³-hybridized carbons (Fsp3) is 0.136. The maximum Gasteiger partial charge on any atom is 0.264 e. The summed E-state index contributed by atoms with van der Waals surface area (Å²) < 4.78 is 7.35. The van der Waals surface area contributed by atoms with Crippen LogP contribution in [0.15, 0.2) is 69.6 Å². The van der Waals surface area contributed by atoms with Crippen LogP contribution in [0, 0.1) is 0 Å². The zero-order valence-electron chi connectivity index (χ0n) is 16.3. The number of rotatable bonds is 6. The van der Waals surface area contributed by atoms with E-state index in [1.165, 1.54) is 0 Å². The standard InChI is InChI=1S/C22H19Br2N3O3S/c23-16-8-9-17-15(12-16)7-10-18(21(17)24)30-13-20(29)25-22(31)27-26-19(28)11-6-14-4-2-1-3-5-14/h1-5,7-10,12H,6,11,13H2,(H,26,28)(H2,25,27,29,31). The summed E-state index contributed by atoms with van der Waals surface area (Å²) in [7, 11) is 0. The van der Waals surface area contributed by atoms with Crippen LogP contribution in [0.3, 0.4) is 0 Å². The number of hydrogen-bond acceptors (Lipinski definition) is 4. The Balaban J connectivity index is 1.41. The smallest absolute Gasteiger partial charge is 0.264 e. The third kappa shape index (κ3) is 7.02. The minimum Gasteiger partial charge on any atom is -0.483 e. The number of carbonyl (C=O) groups excluding carboxylic acids is 2. The van der Waals surface area contributed by atoms with Crippen molar-refractivity contribution in [3.8, 4) is 5.75 Å². The first-order valence-corrected chi connectivity index (χ1v) is 11.3. The van der Waals surface area contributed by atoms with Crippen molar-refractivity contribution < 1.29 is 14.3 Å². The van der Waals surface area contributed by atoms with Crippen LogP contribution in [0.2, 0.25) is 0 Å². The summed E-state index contributed by atoms with van der Waals surface area (Å²) in [5.41, 5.74) is 6.06. The molecule has 6 nitrogen and oxygen atoms in total. The molecule has 0 unspecified atom stereocenters. The number of hydrazine groups is 1. The highest BCUT2D eigenvalue weighted by atomic mass is 79.9. The Morgan fingerprint density at radius 1 is 0.935 bits per heavy atom. The van der Waals surface area contributed by atoms with E-state index in [2.05, 4.69) is 48.0 Å². The van der Waals surface area contributed by atoms with Gasteiger partial charge in [0.05, 0.1) is 4.47 Å². The molecule has 0 aliphatic rings. The maximum atomic E-state index is 12.1. The molecule has 2 amide bonds. The second-order valence-electron chi connectivity index (χ2n) is 6.57. The first-order chi connectivity index (χ1) is 14.9. The van der Waals surface area contributed by atoms with Crippen LogP contribution in [0.4, 0.5) is 0 Å². The monoisotopic (exact) mass is 563 g/mol. The molecule has 3 aromatic carbocycles. The Hall–Kier alpha value is -2.49. The third-order valence-electron chi connectivity index (χ3n) is 4.29. The van der Waals surface area contributed by atoms with Crippen molar-refractivity contribution in [2.45, 2.75) is 12.8 Å². The molecule has 0 saturated heterocycles. The number of halogens is 2. The van der Waals surface area contributed by atoms with Crippen molar-refractivity contribution in [3.63, 3.8) is 0 Å². The molecule has 0 spiro atoms. The molecule has 0 aromatic heterocycles. The number of carbonyl (C=O) groups is 2. The lowest BCUT2D eigenvalue weighted by Crippen LogP contribution is -2.49. The molecule has 0 fully saturated rings. The van der Waals surface area contributed by atoms with Crippen molar-refractivity contribution in [2.75, 3.05) is 6.61 Å². The summed E-state index contributed by atoms with van der Waals surface area (Å²) in [4.78, 5) is 24.0. The van der Waals surface area contributed by atoms with Crippen molar-refractivity contribution in [1.29, 1.82) is 0 Å². The van der Waals surface area contributed by atoms with Crippen LogP contribution < -0.4 is 20.9 Å². The Bertz CT molecular complexity index is 1110. The fourth-order valence-corrected chi connectivity index (χ4v) is 3.93. The van der Waals surface area contributed by atoms with E-state index >= 15 is 0 Å². The van der Waals surface area contributed by atoms with Gasteiger partial charge in [-0.1, -0.05) is 58.4 Å². The maximum absolute atomic E-state index is 12.1. The molecule has 0 radical (unpaired) electrons. The molecule has 3 N–H and O–H groups in total. The van der Waals surface area contributed by atoms with Gasteiger partial charge in [-0.05, 0) is 69.1 Å². The van der Waals surface area contributed by atoms with E-state index in [1.54, 1.807) is 6.07 Å². The fourth-order valence-electron chi connectivity index (χ4n) is 2.78. The Labute approximate surface area is 202 Å². The van der Waals surface area contributed by atoms with Crippen molar-refractivity contribution >= 4 is 71.8 Å². The Morgan fingerprint density at radius 3 is 2.48 bits per heavy atom. The van der Waals surface area contributed by atoms with Gasteiger partial charge in [-0.25, -0.2) is 0 Å². The van der Waals surface area contributed by atoms with Crippen LogP contribution >= 0.6 is 44.1 Å². The minimum absolute atomic E-state index is 0.0101. The molecule has 0 saturated carbocycles. The summed E-state index contributed by atoms with van der Waals surface area (Å²) in [5.74, 6) is -0.139. The molecular formula is C22H19Br2N3O3S. The summed E-state index contributed by atoms with van der Waals surface area (Å²) in [6.45, 7) is -0.232. The molecular weight excluding hydrogens is 546 g/mol. The lowest BCUT2D eigenvalue weighted by molar-refractivity contribution is -0.123. The highest BCUT2D eigenvalue weighted by Crippen LogP contribution is 2.34. The van der Waals surface area contributed by atoms with Crippen molar-refractivity contribution in [2.24, 2.45) is 0 Å². The van der Waals surface area contributed by atoms with Crippen LogP contribution in [0.25, 0.3) is 10.8 Å². The summed E-state index contributed by atoms with van der Waals surface area (Å²) in [6, 6.07) is 19.3. The third-order valence-corrected chi connectivity index (χ3v) is 5.81. The topological polar surface area (TPSA) is 79.5 Å². The van der Waals surface area contributed by atoms with Gasteiger partial charge >= 0.3 is 0 Å². The zero-order valence-corrected chi connectivity index (χ0v) is 20.3. The average molecular weight is 565 g/mol. The second kappa shape index (κ2) is 11.2. The van der Waals surface area contributed by atoms with E-state index in [0.29, 0.717) is 18.6 Å². The summed E-state index contributed by atoms with van der Waals surface area (Å²) >= 11 is 12.0. The summed E-state index contributed by atoms with van der Waals surface area (Å²) in [5, 5.41) is 4.46. The lowest BCUT2D eigenvalue weighted by Gasteiger charge is -2.13. The largest absolute Gasteiger partial charge is 0.483 e. The number of benzene rings is 3. The quantitative estimate of drug-likeness (QED) is 0.305. The Kier molecular flexibility index (Phi) is 8.39. The number of aryl methyl sites for hydroxylation is 1. The molecule has 0 heterocycles. The molecule has 31 heavy (non-hydrogen) atoms. The molecule has 160 valence electrons. The number of amides is 2. The van der Waals surface area contributed by atoms with Crippen LogP contribution in [0.1, 0.15) is 12.0 Å². The number of nitrogens with one attached hydrogen (secondary N) is 3. The average Bonchev–Trinajstić information content (AvgIpc) is 2.76. The van der Waals surface area contributed by atoms with Gasteiger partial charge in [0.25, 0.3) is 5.91 Å². The van der Waals surface area contributed by atoms with Crippen LogP contribution in [0.5, 0.6) is 5.75 Å². The van der Waals surface area contributed by atoms with Gasteiger partial charge in [-0.15, -0.1) is 0 Å². The van der Waals surface area contributed by atoms with Gasteiger partial charge in [-0.2, -0.15) is 0 Å². The predicted octanol–water partition coefficient (Wildman–Crippen LogP) is 4.40. The molecule has 0 bridgehead atoms. The van der Waals surface area contributed by atoms with Gasteiger partial charge in [0.1, 0.15) is 5.75 Å². The number of hydrogen-bond donors (Lipinski definition) is 3. The second-order valence-corrected chi connectivity index (χ2v) is 8.68. The van der Waals surface area contributed by atoms with E-state index in [9.17, 15) is 9.59 Å². The first kappa shape index (κ1) is 23.2. The molecule has 0 aliphatic heterocycles. The number of thiocarbonyl (C=S) groups is 1. The van der Waals surface area contributed by atoms with E-state index in [-0.39, 0.29) is 17.6 Å². The number of fused-ring (bicyclic) bond motifs is 1. The molecule has 3 aromatic rings. The number of ether oxygens (including phenoxy) is 1.